The molecule has 4 heterocycles. The molecule has 4 heteroatoms. The summed E-state index contributed by atoms with van der Waals surface area (Å²) in [6.07, 6.45) is 0. The Hall–Kier alpha value is -6.00. The summed E-state index contributed by atoms with van der Waals surface area (Å²) in [6, 6.07) is 47.2. The third-order valence-electron chi connectivity index (χ3n) is 14.6. The van der Waals surface area contributed by atoms with Crippen molar-refractivity contribution in [3.8, 4) is 27.9 Å². The van der Waals surface area contributed by atoms with E-state index in [1.165, 1.54) is 99.9 Å². The number of rotatable bonds is 1. The van der Waals surface area contributed by atoms with Crippen LogP contribution in [-0.2, 0) is 21.7 Å². The maximum absolute atomic E-state index is 6.58. The summed E-state index contributed by atoms with van der Waals surface area (Å²) >= 11 is 0. The molecule has 2 aliphatic heterocycles. The Balaban J connectivity index is 1.22. The Labute approximate surface area is 360 Å². The number of anilines is 2. The number of furan rings is 1. The first kappa shape index (κ1) is 36.8. The fourth-order valence-electron chi connectivity index (χ4n) is 11.2. The van der Waals surface area contributed by atoms with Crippen LogP contribution in [0.4, 0.5) is 11.4 Å². The van der Waals surface area contributed by atoms with Crippen molar-refractivity contribution in [1.29, 1.82) is 0 Å². The molecule has 2 aromatic heterocycles. The normalized spacial score (nSPS) is 15.2. The second-order valence-electron chi connectivity index (χ2n) is 21.9. The Morgan fingerprint density at radius 2 is 1.15 bits per heavy atom. The third kappa shape index (κ3) is 4.94. The molecule has 0 saturated heterocycles. The lowest BCUT2D eigenvalue weighted by Crippen LogP contribution is -2.60. The van der Waals surface area contributed by atoms with Gasteiger partial charge in [-0.3, -0.25) is 0 Å². The lowest BCUT2D eigenvalue weighted by Gasteiger charge is -2.43. The lowest BCUT2D eigenvalue weighted by atomic mass is 9.43. The van der Waals surface area contributed by atoms with Crippen LogP contribution in [0.1, 0.15) is 104 Å². The van der Waals surface area contributed by atoms with E-state index in [0.29, 0.717) is 0 Å². The van der Waals surface area contributed by atoms with Crippen LogP contribution < -0.4 is 15.7 Å². The minimum atomic E-state index is -0.154. The first-order valence-corrected chi connectivity index (χ1v) is 22.2. The quantitative estimate of drug-likeness (QED) is 0.154. The van der Waals surface area contributed by atoms with Crippen molar-refractivity contribution in [2.45, 2.75) is 97.8 Å². The molecule has 0 N–H and O–H groups in total. The Morgan fingerprint density at radius 1 is 0.492 bits per heavy atom. The highest BCUT2D eigenvalue weighted by atomic mass is 16.3. The molecule has 3 nitrogen and oxygen atoms in total. The van der Waals surface area contributed by atoms with Gasteiger partial charge >= 0.3 is 6.85 Å². The van der Waals surface area contributed by atoms with Crippen molar-refractivity contribution in [2.24, 2.45) is 0 Å². The van der Waals surface area contributed by atoms with Crippen LogP contribution in [0, 0.1) is 0 Å². The fourth-order valence-corrected chi connectivity index (χ4v) is 11.2. The molecule has 0 unspecified atom stereocenters. The Morgan fingerprint density at radius 3 is 1.89 bits per heavy atom. The zero-order valence-corrected chi connectivity index (χ0v) is 37.4. The summed E-state index contributed by atoms with van der Waals surface area (Å²) in [5.41, 5.74) is 22.9. The molecule has 7 aromatic carbocycles. The van der Waals surface area contributed by atoms with Gasteiger partial charge in [-0.05, 0) is 114 Å². The molecule has 12 rings (SSSR count). The molecule has 9 aromatic rings. The van der Waals surface area contributed by atoms with Crippen LogP contribution in [0.25, 0.3) is 71.7 Å². The van der Waals surface area contributed by atoms with Gasteiger partial charge < -0.3 is 13.8 Å². The van der Waals surface area contributed by atoms with Crippen LogP contribution in [0.15, 0.2) is 126 Å². The summed E-state index contributed by atoms with van der Waals surface area (Å²) in [7, 11) is 0. The standard InChI is InChI=1S/C57H53BN2O/c1-54(2,3)32-16-20-35(21-17-32)60-49-30-40-36-22-18-33(55(4,5)6)26-44(36)57(10,11)45(40)29-42(49)38-23-24-39-41-28-43-37-14-12-13-15-50(37)61-51(43)31-48(41)59-47-25-19-34(56(7,8)9)27-46(47)58(60)52(38)53(39)59/h12-31H,1-11H3. The smallest absolute Gasteiger partial charge is 0.333 e. The van der Waals surface area contributed by atoms with Crippen molar-refractivity contribution in [2.75, 3.05) is 4.81 Å². The summed E-state index contributed by atoms with van der Waals surface area (Å²) in [5, 5.41) is 4.87. The van der Waals surface area contributed by atoms with Gasteiger partial charge in [-0.1, -0.05) is 149 Å². The number of aromatic nitrogens is 1. The molecule has 3 aliphatic rings. The van der Waals surface area contributed by atoms with Gasteiger partial charge in [0, 0.05) is 55.7 Å². The SMILES string of the molecule is CC(C)(C)c1ccc(N2B3c4cc(C(C)(C)C)ccc4-n4c5cc6oc7ccccc7c6cc5c5ccc(c3c54)-c3cc4c(cc32)-c2ccc(C(C)(C)C)cc2C4(C)C)cc1. The molecular formula is C57H53BN2O. The van der Waals surface area contributed by atoms with Crippen LogP contribution in [0.3, 0.4) is 0 Å². The van der Waals surface area contributed by atoms with Crippen molar-refractivity contribution in [1.82, 2.24) is 4.57 Å². The van der Waals surface area contributed by atoms with Crippen LogP contribution in [-0.4, -0.2) is 11.4 Å². The van der Waals surface area contributed by atoms with Crippen LogP contribution >= 0.6 is 0 Å². The lowest BCUT2D eigenvalue weighted by molar-refractivity contribution is 0.584. The summed E-state index contributed by atoms with van der Waals surface area (Å²) in [5.74, 6) is 0. The van der Waals surface area contributed by atoms with Crippen molar-refractivity contribution in [3.05, 3.63) is 149 Å². The minimum absolute atomic E-state index is 0.0306. The number of nitrogens with zero attached hydrogens (tertiary/aromatic N) is 2. The summed E-state index contributed by atoms with van der Waals surface area (Å²) in [4.78, 5) is 2.70. The van der Waals surface area contributed by atoms with Gasteiger partial charge in [0.05, 0.1) is 11.0 Å². The van der Waals surface area contributed by atoms with E-state index in [2.05, 4.69) is 207 Å². The number of hydrogen-bond acceptors (Lipinski definition) is 2. The van der Waals surface area contributed by atoms with E-state index in [1.807, 2.05) is 0 Å². The van der Waals surface area contributed by atoms with Gasteiger partial charge in [0.2, 0.25) is 0 Å². The summed E-state index contributed by atoms with van der Waals surface area (Å²) < 4.78 is 9.15. The van der Waals surface area contributed by atoms with Crippen molar-refractivity contribution < 1.29 is 4.42 Å². The number of para-hydroxylation sites is 1. The average molecular weight is 793 g/mol. The van der Waals surface area contributed by atoms with Gasteiger partial charge in [0.1, 0.15) is 11.2 Å². The van der Waals surface area contributed by atoms with E-state index < -0.39 is 0 Å². The second-order valence-corrected chi connectivity index (χ2v) is 21.9. The predicted molar refractivity (Wildman–Crippen MR) is 261 cm³/mol. The van der Waals surface area contributed by atoms with E-state index >= 15 is 0 Å². The highest BCUT2D eigenvalue weighted by Gasteiger charge is 2.46. The summed E-state index contributed by atoms with van der Waals surface area (Å²) in [6.45, 7) is 25.7. The minimum Gasteiger partial charge on any atom is -0.456 e. The molecule has 300 valence electrons. The molecule has 0 atom stereocenters. The molecule has 1 aliphatic carbocycles. The molecule has 0 fully saturated rings. The maximum atomic E-state index is 6.58. The first-order chi connectivity index (χ1) is 28.9. The van der Waals surface area contributed by atoms with Crippen LogP contribution in [0.5, 0.6) is 0 Å². The first-order valence-electron chi connectivity index (χ1n) is 22.2. The molecule has 0 bridgehead atoms. The van der Waals surface area contributed by atoms with Gasteiger partial charge in [-0.25, -0.2) is 0 Å². The van der Waals surface area contributed by atoms with E-state index in [9.17, 15) is 0 Å². The molecule has 0 amide bonds. The average Bonchev–Trinajstić information content (AvgIpc) is 3.82. The number of fused-ring (bicyclic) bond motifs is 14. The number of hydrogen-bond donors (Lipinski definition) is 0. The largest absolute Gasteiger partial charge is 0.456 e. The van der Waals surface area contributed by atoms with E-state index in [0.717, 1.165) is 21.9 Å². The highest BCUT2D eigenvalue weighted by molar-refractivity contribution is 6.93. The van der Waals surface area contributed by atoms with Gasteiger partial charge in [0.15, 0.2) is 0 Å². The molecule has 61 heavy (non-hydrogen) atoms. The molecular weight excluding hydrogens is 739 g/mol. The maximum Gasteiger partial charge on any atom is 0.333 e. The highest BCUT2D eigenvalue weighted by Crippen LogP contribution is 2.55. The van der Waals surface area contributed by atoms with Crippen LogP contribution in [0.2, 0.25) is 0 Å². The van der Waals surface area contributed by atoms with E-state index in [4.69, 9.17) is 4.42 Å². The second kappa shape index (κ2) is 11.7. The molecule has 0 saturated carbocycles. The Kier molecular flexibility index (Phi) is 7.05. The van der Waals surface area contributed by atoms with Gasteiger partial charge in [0.25, 0.3) is 0 Å². The topological polar surface area (TPSA) is 21.3 Å². The third-order valence-corrected chi connectivity index (χ3v) is 14.6. The van der Waals surface area contributed by atoms with E-state index in [1.54, 1.807) is 0 Å². The van der Waals surface area contributed by atoms with Gasteiger partial charge in [-0.2, -0.15) is 0 Å². The predicted octanol–water partition coefficient (Wildman–Crippen LogP) is 14.1. The van der Waals surface area contributed by atoms with Crippen molar-refractivity contribution >= 4 is 72.9 Å². The van der Waals surface area contributed by atoms with Gasteiger partial charge in [-0.15, -0.1) is 0 Å². The molecule has 0 radical (unpaired) electrons. The zero-order valence-electron chi connectivity index (χ0n) is 37.4. The van der Waals surface area contributed by atoms with E-state index in [-0.39, 0.29) is 28.5 Å². The molecule has 0 spiro atoms. The zero-order chi connectivity index (χ0) is 42.3. The fraction of sp³-hybridized carbons (Fsp3) is 0.263. The Bertz CT molecular complexity index is 3390. The monoisotopic (exact) mass is 792 g/mol. The van der Waals surface area contributed by atoms with Crippen molar-refractivity contribution in [3.63, 3.8) is 0 Å². The number of benzene rings is 7.